The van der Waals surface area contributed by atoms with Crippen molar-refractivity contribution in [1.82, 2.24) is 0 Å². The van der Waals surface area contributed by atoms with E-state index in [1.54, 1.807) is 6.08 Å². The molecular weight excluding hydrogens is 427 g/mol. The average molecular weight is 444 g/mol. The SMILES string of the molecule is CC1(C)C(C=C(Cl)Cl)C1C(=O)OCc1cccc(-c2ccc(Br)o2)c1. The summed E-state index contributed by atoms with van der Waals surface area (Å²) in [5.74, 6) is 0.318. The predicted octanol–water partition coefficient (Wildman–Crippen LogP) is 6.34. The summed E-state index contributed by atoms with van der Waals surface area (Å²) in [6.45, 7) is 4.23. The first kappa shape index (κ1) is 18.6. The fourth-order valence-corrected chi connectivity index (χ4v) is 3.68. The summed E-state index contributed by atoms with van der Waals surface area (Å²) in [5.41, 5.74) is 1.65. The van der Waals surface area contributed by atoms with Gasteiger partial charge in [-0.2, -0.15) is 0 Å². The van der Waals surface area contributed by atoms with E-state index in [2.05, 4.69) is 15.9 Å². The van der Waals surface area contributed by atoms with Crippen LogP contribution in [0.5, 0.6) is 0 Å². The molecule has 1 heterocycles. The highest BCUT2D eigenvalue weighted by molar-refractivity contribution is 9.10. The monoisotopic (exact) mass is 442 g/mol. The van der Waals surface area contributed by atoms with Crippen LogP contribution in [-0.2, 0) is 16.1 Å². The molecule has 6 heteroatoms. The van der Waals surface area contributed by atoms with Crippen LogP contribution in [0.3, 0.4) is 0 Å². The van der Waals surface area contributed by atoms with Crippen LogP contribution in [0, 0.1) is 17.3 Å². The molecule has 2 aromatic rings. The number of carbonyl (C=O) groups excluding carboxylic acids is 1. The number of furan rings is 1. The fourth-order valence-electron chi connectivity index (χ4n) is 3.10. The first-order valence-electron chi connectivity index (χ1n) is 7.83. The maximum atomic E-state index is 12.4. The van der Waals surface area contributed by atoms with Gasteiger partial charge in [0.05, 0.1) is 5.92 Å². The average Bonchev–Trinajstić information content (AvgIpc) is 2.89. The van der Waals surface area contributed by atoms with Crippen molar-refractivity contribution < 1.29 is 13.9 Å². The maximum absolute atomic E-state index is 12.4. The van der Waals surface area contributed by atoms with Gasteiger partial charge in [-0.05, 0) is 57.1 Å². The Morgan fingerprint density at radius 1 is 1.32 bits per heavy atom. The molecule has 1 aromatic carbocycles. The van der Waals surface area contributed by atoms with Gasteiger partial charge < -0.3 is 9.15 Å². The lowest BCUT2D eigenvalue weighted by molar-refractivity contribution is -0.147. The summed E-state index contributed by atoms with van der Waals surface area (Å²) in [6, 6.07) is 11.4. The van der Waals surface area contributed by atoms with Crippen molar-refractivity contribution in [1.29, 1.82) is 0 Å². The van der Waals surface area contributed by atoms with Crippen molar-refractivity contribution in [3.63, 3.8) is 0 Å². The van der Waals surface area contributed by atoms with Crippen LogP contribution in [0.15, 0.2) is 56.1 Å². The molecule has 3 rings (SSSR count). The molecule has 0 aliphatic heterocycles. The lowest BCUT2D eigenvalue weighted by atomic mass is 10.1. The number of carbonyl (C=O) groups is 1. The van der Waals surface area contributed by atoms with E-state index in [4.69, 9.17) is 32.4 Å². The molecule has 0 radical (unpaired) electrons. The molecule has 25 heavy (non-hydrogen) atoms. The Kier molecular flexibility index (Phi) is 5.33. The summed E-state index contributed by atoms with van der Waals surface area (Å²) < 4.78 is 11.9. The van der Waals surface area contributed by atoms with Gasteiger partial charge in [0, 0.05) is 5.56 Å². The highest BCUT2D eigenvalue weighted by atomic mass is 79.9. The van der Waals surface area contributed by atoms with Crippen LogP contribution in [0.25, 0.3) is 11.3 Å². The van der Waals surface area contributed by atoms with Gasteiger partial charge in [-0.3, -0.25) is 4.79 Å². The largest absolute Gasteiger partial charge is 0.461 e. The van der Waals surface area contributed by atoms with Crippen LogP contribution in [0.2, 0.25) is 0 Å². The van der Waals surface area contributed by atoms with Crippen LogP contribution in [0.4, 0.5) is 0 Å². The molecule has 1 saturated carbocycles. The van der Waals surface area contributed by atoms with Crippen molar-refractivity contribution in [3.05, 3.63) is 57.2 Å². The van der Waals surface area contributed by atoms with Gasteiger partial charge in [-0.25, -0.2) is 0 Å². The minimum absolute atomic E-state index is 0.0109. The summed E-state index contributed by atoms with van der Waals surface area (Å²) in [5, 5.41) is 0. The number of benzene rings is 1. The van der Waals surface area contributed by atoms with Crippen molar-refractivity contribution in [3.8, 4) is 11.3 Å². The van der Waals surface area contributed by atoms with E-state index in [0.29, 0.717) is 4.67 Å². The second-order valence-corrected chi connectivity index (χ2v) is 8.48. The number of hydrogen-bond acceptors (Lipinski definition) is 3. The van der Waals surface area contributed by atoms with E-state index >= 15 is 0 Å². The standard InChI is InChI=1S/C19H17BrCl2O3/c1-19(2)13(9-16(21)22)17(19)18(23)24-10-11-4-3-5-12(8-11)14-6-7-15(20)25-14/h3-9,13,17H,10H2,1-2H3. The Hall–Kier alpha value is -1.23. The van der Waals surface area contributed by atoms with E-state index in [9.17, 15) is 4.79 Å². The third kappa shape index (κ3) is 4.13. The highest BCUT2D eigenvalue weighted by Crippen LogP contribution is 2.60. The zero-order valence-electron chi connectivity index (χ0n) is 13.8. The van der Waals surface area contributed by atoms with E-state index in [-0.39, 0.29) is 34.3 Å². The number of rotatable bonds is 5. The highest BCUT2D eigenvalue weighted by Gasteiger charge is 2.61. The Bertz CT molecular complexity index is 822. The molecule has 2 unspecified atom stereocenters. The third-order valence-corrected chi connectivity index (χ3v) is 5.31. The minimum Gasteiger partial charge on any atom is -0.461 e. The van der Waals surface area contributed by atoms with E-state index in [1.807, 2.05) is 50.2 Å². The van der Waals surface area contributed by atoms with Crippen molar-refractivity contribution in [2.75, 3.05) is 0 Å². The normalized spacial score (nSPS) is 20.8. The molecule has 1 aliphatic carbocycles. The number of allylic oxidation sites excluding steroid dienone is 1. The predicted molar refractivity (Wildman–Crippen MR) is 102 cm³/mol. The van der Waals surface area contributed by atoms with Crippen molar-refractivity contribution in [2.24, 2.45) is 17.3 Å². The molecule has 2 atom stereocenters. The van der Waals surface area contributed by atoms with E-state index < -0.39 is 0 Å². The molecule has 3 nitrogen and oxygen atoms in total. The van der Waals surface area contributed by atoms with Gasteiger partial charge in [-0.15, -0.1) is 0 Å². The summed E-state index contributed by atoms with van der Waals surface area (Å²) >= 11 is 14.7. The minimum atomic E-state index is -0.230. The van der Waals surface area contributed by atoms with Crippen LogP contribution in [-0.4, -0.2) is 5.97 Å². The van der Waals surface area contributed by atoms with Crippen LogP contribution >= 0.6 is 39.1 Å². The molecule has 0 amide bonds. The third-order valence-electron chi connectivity index (χ3n) is 4.64. The first-order valence-corrected chi connectivity index (χ1v) is 9.38. The lowest BCUT2D eigenvalue weighted by Gasteiger charge is -2.07. The second-order valence-electron chi connectivity index (χ2n) is 6.69. The summed E-state index contributed by atoms with van der Waals surface area (Å²) in [4.78, 5) is 12.4. The summed E-state index contributed by atoms with van der Waals surface area (Å²) in [6.07, 6.45) is 1.71. The van der Waals surface area contributed by atoms with E-state index in [0.717, 1.165) is 16.9 Å². The van der Waals surface area contributed by atoms with Gasteiger partial charge in [0.1, 0.15) is 16.9 Å². The molecule has 132 valence electrons. The number of esters is 1. The molecule has 1 fully saturated rings. The molecule has 0 bridgehead atoms. The Morgan fingerprint density at radius 3 is 2.72 bits per heavy atom. The zero-order valence-corrected chi connectivity index (χ0v) is 16.9. The molecule has 0 N–H and O–H groups in total. The molecule has 1 aliphatic rings. The van der Waals surface area contributed by atoms with Crippen LogP contribution in [0.1, 0.15) is 19.4 Å². The molecule has 1 aromatic heterocycles. The molecule has 0 saturated heterocycles. The number of hydrogen-bond donors (Lipinski definition) is 0. The number of halogens is 3. The van der Waals surface area contributed by atoms with Gasteiger partial charge >= 0.3 is 5.97 Å². The lowest BCUT2D eigenvalue weighted by Crippen LogP contribution is -2.10. The Balaban J connectivity index is 1.64. The second kappa shape index (κ2) is 7.18. The fraction of sp³-hybridized carbons (Fsp3) is 0.316. The van der Waals surface area contributed by atoms with Gasteiger partial charge in [0.15, 0.2) is 4.67 Å². The van der Waals surface area contributed by atoms with Crippen LogP contribution < -0.4 is 0 Å². The van der Waals surface area contributed by atoms with Gasteiger partial charge in [0.2, 0.25) is 0 Å². The van der Waals surface area contributed by atoms with Crippen molar-refractivity contribution >= 4 is 45.1 Å². The smallest absolute Gasteiger partial charge is 0.310 e. The van der Waals surface area contributed by atoms with Crippen molar-refractivity contribution in [2.45, 2.75) is 20.5 Å². The Labute approximate surface area is 165 Å². The summed E-state index contributed by atoms with van der Waals surface area (Å²) in [7, 11) is 0. The molecule has 0 spiro atoms. The van der Waals surface area contributed by atoms with Gasteiger partial charge in [0.25, 0.3) is 0 Å². The maximum Gasteiger partial charge on any atom is 0.310 e. The first-order chi connectivity index (χ1) is 11.8. The zero-order chi connectivity index (χ0) is 18.2. The number of ether oxygens (including phenoxy) is 1. The van der Waals surface area contributed by atoms with E-state index in [1.165, 1.54) is 0 Å². The quantitative estimate of drug-likeness (QED) is 0.505. The topological polar surface area (TPSA) is 39.4 Å². The molecular formula is C19H17BrCl2O3. The Morgan fingerprint density at radius 2 is 2.08 bits per heavy atom. The van der Waals surface area contributed by atoms with Gasteiger partial charge in [-0.1, -0.05) is 55.2 Å².